The van der Waals surface area contributed by atoms with E-state index in [0.717, 1.165) is 11.1 Å². The summed E-state index contributed by atoms with van der Waals surface area (Å²) in [6, 6.07) is 7.69. The third-order valence-electron chi connectivity index (χ3n) is 3.11. The number of halogens is 2. The van der Waals surface area contributed by atoms with E-state index in [1.807, 2.05) is 31.2 Å². The van der Waals surface area contributed by atoms with E-state index >= 15 is 0 Å². The Balaban J connectivity index is 3.05. The molecule has 1 aromatic carbocycles. The summed E-state index contributed by atoms with van der Waals surface area (Å²) in [7, 11) is 0. The number of esters is 1. The van der Waals surface area contributed by atoms with Crippen molar-refractivity contribution in [1.29, 1.82) is 0 Å². The van der Waals surface area contributed by atoms with Crippen molar-refractivity contribution >= 4 is 43.9 Å². The second-order valence-corrected chi connectivity index (χ2v) is 7.59. The molecule has 0 radical (unpaired) electrons. The molecule has 122 valence electrons. The van der Waals surface area contributed by atoms with Gasteiger partial charge in [-0.3, -0.25) is 0 Å². The molecule has 0 amide bonds. The van der Waals surface area contributed by atoms with Gasteiger partial charge in [0.05, 0.1) is 4.32 Å². The minimum absolute atomic E-state index is 0.274. The van der Waals surface area contributed by atoms with Gasteiger partial charge < -0.3 is 14.9 Å². The van der Waals surface area contributed by atoms with Crippen molar-refractivity contribution in [3.8, 4) is 0 Å². The number of rotatable bonds is 6. The predicted molar refractivity (Wildman–Crippen MR) is 93.9 cm³/mol. The molecule has 0 aliphatic heterocycles. The topological polar surface area (TPSA) is 66.8 Å². The van der Waals surface area contributed by atoms with Gasteiger partial charge in [-0.05, 0) is 38.0 Å². The first-order valence-electron chi connectivity index (χ1n) is 6.79. The second-order valence-electron chi connectivity index (χ2n) is 5.28. The van der Waals surface area contributed by atoms with Crippen molar-refractivity contribution in [2.24, 2.45) is 0 Å². The molecule has 1 rings (SSSR count). The van der Waals surface area contributed by atoms with Crippen LogP contribution in [0.25, 0.3) is 6.08 Å². The first kappa shape index (κ1) is 19.4. The molecule has 4 nitrogen and oxygen atoms in total. The predicted octanol–water partition coefficient (Wildman–Crippen LogP) is 3.34. The average Bonchev–Trinajstić information content (AvgIpc) is 2.47. The van der Waals surface area contributed by atoms with Crippen molar-refractivity contribution in [3.05, 3.63) is 41.0 Å². The quantitative estimate of drug-likeness (QED) is 0.311. The lowest BCUT2D eigenvalue weighted by Crippen LogP contribution is -2.28. The van der Waals surface area contributed by atoms with Gasteiger partial charge >= 0.3 is 5.97 Å². The lowest BCUT2D eigenvalue weighted by molar-refractivity contribution is -0.179. The Morgan fingerprint density at radius 3 is 2.55 bits per heavy atom. The normalized spacial score (nSPS) is 17.5. The smallest absolute Gasteiger partial charge is 0.336 e. The zero-order valence-corrected chi connectivity index (χ0v) is 15.9. The maximum absolute atomic E-state index is 11.9. The largest absolute Gasteiger partial charge is 0.430 e. The Morgan fingerprint density at radius 2 is 2.00 bits per heavy atom. The zero-order chi connectivity index (χ0) is 16.9. The van der Waals surface area contributed by atoms with Crippen LogP contribution in [0.4, 0.5) is 0 Å². The van der Waals surface area contributed by atoms with E-state index in [1.54, 1.807) is 13.0 Å². The van der Waals surface area contributed by atoms with Crippen LogP contribution in [0.1, 0.15) is 31.9 Å². The van der Waals surface area contributed by atoms with Crippen LogP contribution in [0.5, 0.6) is 0 Å². The van der Waals surface area contributed by atoms with Crippen molar-refractivity contribution < 1.29 is 19.7 Å². The molecular weight excluding hydrogens is 416 g/mol. The monoisotopic (exact) mass is 434 g/mol. The van der Waals surface area contributed by atoms with Crippen molar-refractivity contribution in [3.63, 3.8) is 0 Å². The highest BCUT2D eigenvalue weighted by molar-refractivity contribution is 9.12. The van der Waals surface area contributed by atoms with Crippen molar-refractivity contribution in [2.45, 2.75) is 37.5 Å². The minimum Gasteiger partial charge on any atom is -0.430 e. The van der Waals surface area contributed by atoms with Gasteiger partial charge in [-0.1, -0.05) is 56.1 Å². The van der Waals surface area contributed by atoms with Gasteiger partial charge in [-0.25, -0.2) is 4.79 Å². The Morgan fingerprint density at radius 1 is 1.41 bits per heavy atom. The molecule has 0 fully saturated rings. The first-order chi connectivity index (χ1) is 10.2. The molecule has 0 heterocycles. The minimum atomic E-state index is -1.53. The van der Waals surface area contributed by atoms with E-state index in [0.29, 0.717) is 10.9 Å². The molecule has 0 aliphatic carbocycles. The van der Waals surface area contributed by atoms with Crippen molar-refractivity contribution in [2.75, 3.05) is 5.33 Å². The van der Waals surface area contributed by atoms with E-state index in [9.17, 15) is 9.90 Å². The molecule has 22 heavy (non-hydrogen) atoms. The fourth-order valence-electron chi connectivity index (χ4n) is 1.76. The fraction of sp³-hybridized carbons (Fsp3) is 0.438. The number of aliphatic hydroxyl groups is 2. The fourth-order valence-corrected chi connectivity index (χ4v) is 2.43. The standard InChI is InChI=1S/C16H20Br2O4/c1-10(14(20)22-15(21)11(2)19)8-12-6-4-5-7-13(12)16(3,18)9-17/h4-8,11,15,19,21H,9H2,1-3H3/b10-8+. The summed E-state index contributed by atoms with van der Waals surface area (Å²) < 4.78 is 4.50. The Bertz CT molecular complexity index is 553. The highest BCUT2D eigenvalue weighted by Crippen LogP contribution is 2.35. The number of alkyl halides is 2. The van der Waals surface area contributed by atoms with Gasteiger partial charge in [0.25, 0.3) is 0 Å². The SMILES string of the molecule is C/C(=C\c1ccccc1C(C)(Br)CBr)C(=O)OC(O)C(C)O. The van der Waals surface area contributed by atoms with Crippen LogP contribution in [-0.4, -0.2) is 33.9 Å². The average molecular weight is 436 g/mol. The van der Waals surface area contributed by atoms with E-state index in [2.05, 4.69) is 31.9 Å². The maximum Gasteiger partial charge on any atom is 0.336 e. The maximum atomic E-state index is 11.9. The number of carbonyl (C=O) groups excluding carboxylic acids is 1. The third-order valence-corrected chi connectivity index (χ3v) is 5.69. The summed E-state index contributed by atoms with van der Waals surface area (Å²) in [6.07, 6.45) is -0.965. The van der Waals surface area contributed by atoms with Crippen LogP contribution < -0.4 is 0 Å². The number of benzene rings is 1. The van der Waals surface area contributed by atoms with Crippen LogP contribution in [-0.2, 0) is 13.9 Å². The summed E-state index contributed by atoms with van der Waals surface area (Å²) in [5.74, 6) is -0.668. The van der Waals surface area contributed by atoms with Gasteiger partial charge in [-0.2, -0.15) is 0 Å². The van der Waals surface area contributed by atoms with E-state index in [4.69, 9.17) is 9.84 Å². The van der Waals surface area contributed by atoms with Gasteiger partial charge in [0, 0.05) is 10.9 Å². The first-order valence-corrected chi connectivity index (χ1v) is 8.70. The third kappa shape index (κ3) is 5.19. The molecule has 0 saturated heterocycles. The Labute approximate surface area is 147 Å². The molecule has 0 aliphatic rings. The Hall–Kier alpha value is -0.690. The molecule has 6 heteroatoms. The van der Waals surface area contributed by atoms with Crippen LogP contribution in [0.2, 0.25) is 0 Å². The highest BCUT2D eigenvalue weighted by Gasteiger charge is 2.24. The van der Waals surface area contributed by atoms with Crippen LogP contribution in [0, 0.1) is 0 Å². The van der Waals surface area contributed by atoms with Crippen LogP contribution >= 0.6 is 31.9 Å². The summed E-state index contributed by atoms with van der Waals surface area (Å²) in [5.41, 5.74) is 2.24. The number of aliphatic hydroxyl groups excluding tert-OH is 2. The molecule has 0 spiro atoms. The van der Waals surface area contributed by atoms with E-state index in [-0.39, 0.29) is 4.32 Å². The molecule has 2 N–H and O–H groups in total. The van der Waals surface area contributed by atoms with Gasteiger partial charge in [0.1, 0.15) is 6.10 Å². The Kier molecular flexibility index (Phi) is 7.25. The summed E-state index contributed by atoms with van der Waals surface area (Å²) in [4.78, 5) is 11.9. The summed E-state index contributed by atoms with van der Waals surface area (Å²) >= 11 is 7.13. The lowest BCUT2D eigenvalue weighted by Gasteiger charge is -2.22. The zero-order valence-electron chi connectivity index (χ0n) is 12.7. The molecule has 3 atom stereocenters. The van der Waals surface area contributed by atoms with Gasteiger partial charge in [-0.15, -0.1) is 0 Å². The van der Waals surface area contributed by atoms with Crippen LogP contribution in [0.3, 0.4) is 0 Å². The van der Waals surface area contributed by atoms with Gasteiger partial charge in [0.2, 0.25) is 6.29 Å². The molecule has 0 saturated carbocycles. The second kappa shape index (κ2) is 8.24. The summed E-state index contributed by atoms with van der Waals surface area (Å²) in [5, 5.41) is 19.3. The van der Waals surface area contributed by atoms with Crippen LogP contribution in [0.15, 0.2) is 29.8 Å². The number of ether oxygens (including phenoxy) is 1. The molecular formula is C16H20Br2O4. The lowest BCUT2D eigenvalue weighted by atomic mass is 9.96. The molecule has 1 aromatic rings. The van der Waals surface area contributed by atoms with E-state index < -0.39 is 18.4 Å². The van der Waals surface area contributed by atoms with E-state index in [1.165, 1.54) is 6.92 Å². The van der Waals surface area contributed by atoms with Crippen molar-refractivity contribution in [1.82, 2.24) is 0 Å². The highest BCUT2D eigenvalue weighted by atomic mass is 79.9. The van der Waals surface area contributed by atoms with Gasteiger partial charge in [0.15, 0.2) is 0 Å². The number of hydrogen-bond acceptors (Lipinski definition) is 4. The molecule has 0 aromatic heterocycles. The number of hydrogen-bond donors (Lipinski definition) is 2. The molecule has 0 bridgehead atoms. The molecule has 3 unspecified atom stereocenters. The number of carbonyl (C=O) groups is 1. The summed E-state index contributed by atoms with van der Waals surface area (Å²) in [6.45, 7) is 4.98.